The first-order valence-electron chi connectivity index (χ1n) is 7.15. The lowest BCUT2D eigenvalue weighted by atomic mass is 9.78. The third-order valence-electron chi connectivity index (χ3n) is 4.21. The van der Waals surface area contributed by atoms with E-state index in [1.54, 1.807) is 12.1 Å². The van der Waals surface area contributed by atoms with Crippen molar-refractivity contribution >= 4 is 23.2 Å². The van der Waals surface area contributed by atoms with Gasteiger partial charge in [0.2, 0.25) is 11.7 Å². The highest BCUT2D eigenvalue weighted by Gasteiger charge is 2.37. The van der Waals surface area contributed by atoms with Gasteiger partial charge >= 0.3 is 0 Å². The third-order valence-corrected chi connectivity index (χ3v) is 4.95. The number of rotatable bonds is 3. The highest BCUT2D eigenvalue weighted by molar-refractivity contribution is 6.42. The van der Waals surface area contributed by atoms with Crippen molar-refractivity contribution in [2.24, 2.45) is 0 Å². The first-order chi connectivity index (χ1) is 10.1. The first kappa shape index (κ1) is 14.8. The van der Waals surface area contributed by atoms with Crippen LogP contribution >= 0.6 is 23.2 Å². The van der Waals surface area contributed by atoms with Crippen molar-refractivity contribution in [3.63, 3.8) is 0 Å². The molecule has 1 saturated heterocycles. The molecule has 1 aliphatic rings. The Hall–Kier alpha value is -1.10. The van der Waals surface area contributed by atoms with Crippen molar-refractivity contribution in [3.8, 4) is 11.4 Å². The number of piperidine rings is 1. The van der Waals surface area contributed by atoms with Gasteiger partial charge in [-0.3, -0.25) is 0 Å². The molecule has 1 atom stereocenters. The Morgan fingerprint density at radius 2 is 2.19 bits per heavy atom. The predicted molar refractivity (Wildman–Crippen MR) is 83.8 cm³/mol. The van der Waals surface area contributed by atoms with Gasteiger partial charge in [0.1, 0.15) is 0 Å². The Morgan fingerprint density at radius 1 is 1.33 bits per heavy atom. The molecule has 1 aromatic carbocycles. The zero-order chi connectivity index (χ0) is 14.9. The summed E-state index contributed by atoms with van der Waals surface area (Å²) in [5, 5.41) is 8.54. The lowest BCUT2D eigenvalue weighted by Gasteiger charge is -2.33. The van der Waals surface area contributed by atoms with E-state index < -0.39 is 0 Å². The summed E-state index contributed by atoms with van der Waals surface area (Å²) in [5.74, 6) is 1.26. The quantitative estimate of drug-likeness (QED) is 0.923. The molecule has 0 saturated carbocycles. The van der Waals surface area contributed by atoms with Gasteiger partial charge in [-0.05, 0) is 44.0 Å². The highest BCUT2D eigenvalue weighted by Crippen LogP contribution is 2.35. The SMILES string of the molecule is CCC1(c2nc(-c3ccc(Cl)c(Cl)c3)no2)CCCNC1. The van der Waals surface area contributed by atoms with Gasteiger partial charge in [0.05, 0.1) is 15.5 Å². The molecular formula is C15H17Cl2N3O. The second kappa shape index (κ2) is 5.95. The number of aromatic nitrogens is 2. The summed E-state index contributed by atoms with van der Waals surface area (Å²) in [6.45, 7) is 4.10. The molecule has 112 valence electrons. The Kier molecular flexibility index (Phi) is 4.20. The molecule has 1 unspecified atom stereocenters. The summed E-state index contributed by atoms with van der Waals surface area (Å²) in [6.07, 6.45) is 3.17. The fourth-order valence-electron chi connectivity index (χ4n) is 2.79. The number of hydrogen-bond donors (Lipinski definition) is 1. The van der Waals surface area contributed by atoms with Crippen molar-refractivity contribution in [3.05, 3.63) is 34.1 Å². The van der Waals surface area contributed by atoms with Gasteiger partial charge in [-0.1, -0.05) is 35.3 Å². The molecule has 1 N–H and O–H groups in total. The topological polar surface area (TPSA) is 51.0 Å². The van der Waals surface area contributed by atoms with E-state index >= 15 is 0 Å². The van der Waals surface area contributed by atoms with Crippen LogP contribution in [0.3, 0.4) is 0 Å². The minimum absolute atomic E-state index is 0.0558. The molecular weight excluding hydrogens is 309 g/mol. The summed E-state index contributed by atoms with van der Waals surface area (Å²) < 4.78 is 5.55. The molecule has 1 aromatic heterocycles. The van der Waals surface area contributed by atoms with Gasteiger partial charge < -0.3 is 9.84 Å². The molecule has 0 spiro atoms. The van der Waals surface area contributed by atoms with Crippen LogP contribution in [0.4, 0.5) is 0 Å². The highest BCUT2D eigenvalue weighted by atomic mass is 35.5. The molecule has 21 heavy (non-hydrogen) atoms. The fourth-order valence-corrected chi connectivity index (χ4v) is 3.09. The van der Waals surface area contributed by atoms with E-state index in [9.17, 15) is 0 Å². The predicted octanol–water partition coefficient (Wildman–Crippen LogP) is 4.07. The Balaban J connectivity index is 1.93. The van der Waals surface area contributed by atoms with Crippen molar-refractivity contribution < 1.29 is 4.52 Å². The molecule has 0 radical (unpaired) electrons. The van der Waals surface area contributed by atoms with Gasteiger partial charge in [0.25, 0.3) is 0 Å². The smallest absolute Gasteiger partial charge is 0.234 e. The normalized spacial score (nSPS) is 22.4. The van der Waals surface area contributed by atoms with Crippen molar-refractivity contribution in [1.29, 1.82) is 0 Å². The Morgan fingerprint density at radius 3 is 2.86 bits per heavy atom. The van der Waals surface area contributed by atoms with Crippen LogP contribution < -0.4 is 5.32 Å². The summed E-state index contributed by atoms with van der Waals surface area (Å²) in [6, 6.07) is 5.35. The van der Waals surface area contributed by atoms with Gasteiger partial charge in [0, 0.05) is 12.1 Å². The van der Waals surface area contributed by atoms with E-state index in [4.69, 9.17) is 27.7 Å². The Bertz CT molecular complexity index is 636. The van der Waals surface area contributed by atoms with Crippen LogP contribution in [0, 0.1) is 0 Å². The molecule has 6 heteroatoms. The van der Waals surface area contributed by atoms with Gasteiger partial charge in [-0.2, -0.15) is 4.98 Å². The van der Waals surface area contributed by atoms with E-state index in [1.807, 2.05) is 6.07 Å². The van der Waals surface area contributed by atoms with Gasteiger partial charge in [0.15, 0.2) is 0 Å². The number of nitrogens with zero attached hydrogens (tertiary/aromatic N) is 2. The van der Waals surface area contributed by atoms with Crippen molar-refractivity contribution in [1.82, 2.24) is 15.5 Å². The van der Waals surface area contributed by atoms with E-state index in [0.717, 1.165) is 37.9 Å². The zero-order valence-electron chi connectivity index (χ0n) is 11.8. The van der Waals surface area contributed by atoms with Crippen LogP contribution in [0.15, 0.2) is 22.7 Å². The van der Waals surface area contributed by atoms with E-state index in [1.165, 1.54) is 0 Å². The molecule has 2 aromatic rings. The van der Waals surface area contributed by atoms with E-state index in [0.29, 0.717) is 21.8 Å². The number of halogens is 2. The first-order valence-corrected chi connectivity index (χ1v) is 7.90. The molecule has 0 bridgehead atoms. The monoisotopic (exact) mass is 325 g/mol. The van der Waals surface area contributed by atoms with Crippen molar-refractivity contribution in [2.75, 3.05) is 13.1 Å². The maximum atomic E-state index is 6.05. The number of nitrogens with one attached hydrogen (secondary N) is 1. The number of hydrogen-bond acceptors (Lipinski definition) is 4. The number of benzene rings is 1. The minimum atomic E-state index is -0.0558. The molecule has 3 rings (SSSR count). The molecule has 4 nitrogen and oxygen atoms in total. The lowest BCUT2D eigenvalue weighted by molar-refractivity contribution is 0.221. The van der Waals surface area contributed by atoms with Crippen LogP contribution in [-0.4, -0.2) is 23.2 Å². The Labute approximate surface area is 133 Å². The summed E-state index contributed by atoms with van der Waals surface area (Å²) in [4.78, 5) is 4.60. The second-order valence-corrected chi connectivity index (χ2v) is 6.28. The maximum Gasteiger partial charge on any atom is 0.234 e. The molecule has 1 aliphatic heterocycles. The average molecular weight is 326 g/mol. The molecule has 0 aliphatic carbocycles. The zero-order valence-corrected chi connectivity index (χ0v) is 13.3. The second-order valence-electron chi connectivity index (χ2n) is 5.47. The van der Waals surface area contributed by atoms with Gasteiger partial charge in [-0.25, -0.2) is 0 Å². The summed E-state index contributed by atoms with van der Waals surface area (Å²) in [5.41, 5.74) is 0.758. The third kappa shape index (κ3) is 2.80. The van der Waals surface area contributed by atoms with Crippen LogP contribution in [0.5, 0.6) is 0 Å². The lowest BCUT2D eigenvalue weighted by Crippen LogP contribution is -2.43. The average Bonchev–Trinajstić information content (AvgIpc) is 3.01. The molecule has 2 heterocycles. The van der Waals surface area contributed by atoms with Gasteiger partial charge in [-0.15, -0.1) is 0 Å². The molecule has 1 fully saturated rings. The van der Waals surface area contributed by atoms with Crippen LogP contribution in [0.25, 0.3) is 11.4 Å². The fraction of sp³-hybridized carbons (Fsp3) is 0.467. The summed E-state index contributed by atoms with van der Waals surface area (Å²) in [7, 11) is 0. The van der Waals surface area contributed by atoms with Crippen LogP contribution in [-0.2, 0) is 5.41 Å². The minimum Gasteiger partial charge on any atom is -0.338 e. The summed E-state index contributed by atoms with van der Waals surface area (Å²) >= 11 is 12.0. The van der Waals surface area contributed by atoms with Crippen LogP contribution in [0.1, 0.15) is 32.1 Å². The van der Waals surface area contributed by atoms with E-state index in [2.05, 4.69) is 22.4 Å². The largest absolute Gasteiger partial charge is 0.338 e. The van der Waals surface area contributed by atoms with Crippen LogP contribution in [0.2, 0.25) is 10.0 Å². The molecule has 0 amide bonds. The standard InChI is InChI=1S/C15H17Cl2N3O/c1-2-15(6-3-7-18-9-15)14-19-13(20-21-14)10-4-5-11(16)12(17)8-10/h4-5,8,18H,2-3,6-7,9H2,1H3. The van der Waals surface area contributed by atoms with Crippen molar-refractivity contribution in [2.45, 2.75) is 31.6 Å². The maximum absolute atomic E-state index is 6.05. The van der Waals surface area contributed by atoms with E-state index in [-0.39, 0.29) is 5.41 Å².